The van der Waals surface area contributed by atoms with Crippen molar-refractivity contribution in [3.63, 3.8) is 0 Å². The Bertz CT molecular complexity index is 1310. The van der Waals surface area contributed by atoms with E-state index in [4.69, 9.17) is 0 Å². The molecule has 1 N–H and O–H groups in total. The van der Waals surface area contributed by atoms with Gasteiger partial charge in [0, 0.05) is 48.7 Å². The van der Waals surface area contributed by atoms with Gasteiger partial charge in [0.15, 0.2) is 0 Å². The monoisotopic (exact) mass is 483 g/mol. The highest BCUT2D eigenvalue weighted by molar-refractivity contribution is 6.24. The van der Waals surface area contributed by atoms with E-state index in [1.807, 2.05) is 11.8 Å². The highest BCUT2D eigenvalue weighted by atomic mass is 19.4. The number of fused-ring (bicyclic) bond motifs is 1. The number of aliphatic imine (C=N–C) groups is 1. The summed E-state index contributed by atoms with van der Waals surface area (Å²) in [5.74, 6) is -2.11. The predicted molar refractivity (Wildman–Crippen MR) is 121 cm³/mol. The average Bonchev–Trinajstić information content (AvgIpc) is 3.21. The minimum Gasteiger partial charge on any atom is -0.351 e. The van der Waals surface area contributed by atoms with Crippen molar-refractivity contribution >= 4 is 17.3 Å². The molecule has 0 bridgehead atoms. The first kappa shape index (κ1) is 24.1. The number of hydrogen-bond acceptors (Lipinski definition) is 5. The number of rotatable bonds is 5. The second-order valence-corrected chi connectivity index (χ2v) is 8.45. The van der Waals surface area contributed by atoms with Crippen LogP contribution in [-0.2, 0) is 11.0 Å². The van der Waals surface area contributed by atoms with Crippen LogP contribution in [0.3, 0.4) is 0 Å². The SMILES string of the molecule is C[C@@H]1CN2C=C(c3cnccc3C#N)C=C(C(=O)NC[C@H](C)c3cccc(C(F)(F)F)c3F)C2=N1. The molecule has 1 aromatic carbocycles. The maximum absolute atomic E-state index is 14.5. The van der Waals surface area contributed by atoms with Gasteiger partial charge in [-0.05, 0) is 30.7 Å². The molecular weight excluding hydrogens is 462 g/mol. The first-order chi connectivity index (χ1) is 16.6. The maximum atomic E-state index is 14.5. The first-order valence-corrected chi connectivity index (χ1v) is 10.9. The van der Waals surface area contributed by atoms with Crippen LogP contribution in [0.15, 0.2) is 59.5 Å². The van der Waals surface area contributed by atoms with Crippen molar-refractivity contribution < 1.29 is 22.4 Å². The Balaban J connectivity index is 1.59. The molecule has 1 aromatic heterocycles. The van der Waals surface area contributed by atoms with E-state index in [2.05, 4.69) is 21.4 Å². The van der Waals surface area contributed by atoms with Crippen LogP contribution >= 0.6 is 0 Å². The third kappa shape index (κ3) is 4.80. The van der Waals surface area contributed by atoms with Crippen LogP contribution < -0.4 is 5.32 Å². The molecule has 0 saturated carbocycles. The van der Waals surface area contributed by atoms with E-state index in [1.165, 1.54) is 25.4 Å². The van der Waals surface area contributed by atoms with Crippen LogP contribution in [0, 0.1) is 17.1 Å². The van der Waals surface area contributed by atoms with Crippen LogP contribution in [0.25, 0.3) is 5.57 Å². The zero-order valence-electron chi connectivity index (χ0n) is 18.9. The molecule has 0 aliphatic carbocycles. The summed E-state index contributed by atoms with van der Waals surface area (Å²) < 4.78 is 53.7. The van der Waals surface area contributed by atoms with E-state index in [0.29, 0.717) is 35.1 Å². The van der Waals surface area contributed by atoms with Crippen molar-refractivity contribution in [3.8, 4) is 6.07 Å². The second-order valence-electron chi connectivity index (χ2n) is 8.45. The highest BCUT2D eigenvalue weighted by Crippen LogP contribution is 2.34. The maximum Gasteiger partial charge on any atom is 0.419 e. The molecule has 6 nitrogen and oxygen atoms in total. The number of alkyl halides is 3. The number of nitriles is 1. The molecule has 4 rings (SSSR count). The molecular formula is C25H21F4N5O. The van der Waals surface area contributed by atoms with Gasteiger partial charge in [0.25, 0.3) is 5.91 Å². The molecule has 180 valence electrons. The zero-order chi connectivity index (χ0) is 25.3. The molecule has 0 unspecified atom stereocenters. The molecule has 2 aliphatic rings. The van der Waals surface area contributed by atoms with Crippen LogP contribution in [0.4, 0.5) is 17.6 Å². The summed E-state index contributed by atoms with van der Waals surface area (Å²) in [6, 6.07) is 6.72. The molecule has 0 fully saturated rings. The van der Waals surface area contributed by atoms with E-state index in [9.17, 15) is 27.6 Å². The van der Waals surface area contributed by atoms with Gasteiger partial charge in [0.1, 0.15) is 11.7 Å². The fraction of sp³-hybridized carbons (Fsp3) is 0.280. The van der Waals surface area contributed by atoms with Crippen molar-refractivity contribution in [1.82, 2.24) is 15.2 Å². The van der Waals surface area contributed by atoms with E-state index in [-0.39, 0.29) is 23.7 Å². The van der Waals surface area contributed by atoms with Crippen LogP contribution in [-0.4, -0.2) is 40.8 Å². The summed E-state index contributed by atoms with van der Waals surface area (Å²) in [4.78, 5) is 23.6. The number of aromatic nitrogens is 1. The Hall–Kier alpha value is -4.00. The lowest BCUT2D eigenvalue weighted by atomic mass is 9.96. The number of nitrogens with zero attached hydrogens (tertiary/aromatic N) is 4. The Labute approximate surface area is 199 Å². The number of nitrogens with one attached hydrogen (secondary N) is 1. The van der Waals surface area contributed by atoms with Gasteiger partial charge >= 0.3 is 6.18 Å². The van der Waals surface area contributed by atoms with Crippen molar-refractivity contribution in [2.24, 2.45) is 4.99 Å². The number of amides is 1. The number of allylic oxidation sites excluding steroid dienone is 2. The first-order valence-electron chi connectivity index (χ1n) is 10.9. The molecule has 2 aliphatic heterocycles. The van der Waals surface area contributed by atoms with Gasteiger partial charge in [-0.2, -0.15) is 18.4 Å². The minimum atomic E-state index is -4.81. The van der Waals surface area contributed by atoms with E-state index < -0.39 is 29.4 Å². The third-order valence-corrected chi connectivity index (χ3v) is 5.84. The Morgan fingerprint density at radius 2 is 2.11 bits per heavy atom. The number of carbonyl (C=O) groups is 1. The van der Waals surface area contributed by atoms with Crippen LogP contribution in [0.5, 0.6) is 0 Å². The van der Waals surface area contributed by atoms with Crippen LogP contribution in [0.2, 0.25) is 0 Å². The molecule has 2 atom stereocenters. The fourth-order valence-corrected chi connectivity index (χ4v) is 4.09. The predicted octanol–water partition coefficient (Wildman–Crippen LogP) is 4.41. The zero-order valence-corrected chi connectivity index (χ0v) is 18.9. The highest BCUT2D eigenvalue weighted by Gasteiger charge is 2.36. The van der Waals surface area contributed by atoms with Gasteiger partial charge in [-0.1, -0.05) is 19.1 Å². The van der Waals surface area contributed by atoms with Gasteiger partial charge in [0.05, 0.1) is 28.8 Å². The molecule has 3 heterocycles. The fourth-order valence-electron chi connectivity index (χ4n) is 4.09. The summed E-state index contributed by atoms with van der Waals surface area (Å²) in [7, 11) is 0. The second kappa shape index (κ2) is 9.33. The third-order valence-electron chi connectivity index (χ3n) is 5.84. The summed E-state index contributed by atoms with van der Waals surface area (Å²) >= 11 is 0. The summed E-state index contributed by atoms with van der Waals surface area (Å²) in [6.07, 6.45) is 1.64. The van der Waals surface area contributed by atoms with Crippen molar-refractivity contribution in [2.75, 3.05) is 13.1 Å². The molecule has 1 amide bonds. The van der Waals surface area contributed by atoms with Gasteiger partial charge in [-0.3, -0.25) is 14.8 Å². The van der Waals surface area contributed by atoms with Crippen molar-refractivity contribution in [1.29, 1.82) is 5.26 Å². The van der Waals surface area contributed by atoms with Gasteiger partial charge in [-0.25, -0.2) is 4.39 Å². The summed E-state index contributed by atoms with van der Waals surface area (Å²) in [6.45, 7) is 3.89. The molecule has 0 radical (unpaired) electrons. The molecule has 0 saturated heterocycles. The molecule has 0 spiro atoms. The van der Waals surface area contributed by atoms with E-state index in [1.54, 1.807) is 18.3 Å². The van der Waals surface area contributed by atoms with E-state index >= 15 is 0 Å². The van der Waals surface area contributed by atoms with Crippen molar-refractivity contribution in [2.45, 2.75) is 32.0 Å². The average molecular weight is 483 g/mol. The van der Waals surface area contributed by atoms with Crippen molar-refractivity contribution in [3.05, 3.63) is 82.6 Å². The number of pyridine rings is 1. The lowest BCUT2D eigenvalue weighted by molar-refractivity contribution is -0.140. The number of halogens is 4. The van der Waals surface area contributed by atoms with E-state index in [0.717, 1.165) is 6.07 Å². The number of hydrogen-bond donors (Lipinski definition) is 1. The van der Waals surface area contributed by atoms with Gasteiger partial charge in [-0.15, -0.1) is 0 Å². The standard InChI is InChI=1S/C25H21F4N5O/c1-14(18-4-3-5-21(22(18)26)25(27,28)29)10-32-24(35)19-8-17(13-34-12-15(2)33-23(19)34)20-11-31-7-6-16(20)9-30/h3-8,11,13-15H,10,12H2,1-2H3,(H,32,35)/t14-,15+/m0/s1. The largest absolute Gasteiger partial charge is 0.419 e. The normalized spacial score (nSPS) is 18.1. The number of amidine groups is 1. The Morgan fingerprint density at radius 3 is 2.83 bits per heavy atom. The quantitative estimate of drug-likeness (QED) is 0.639. The lowest BCUT2D eigenvalue weighted by Gasteiger charge is -2.25. The lowest BCUT2D eigenvalue weighted by Crippen LogP contribution is -2.37. The summed E-state index contributed by atoms with van der Waals surface area (Å²) in [5.41, 5.74) is 0.316. The number of benzene rings is 1. The smallest absolute Gasteiger partial charge is 0.351 e. The number of carbonyl (C=O) groups excluding carboxylic acids is 1. The molecule has 10 heteroatoms. The topological polar surface area (TPSA) is 81.4 Å². The molecule has 35 heavy (non-hydrogen) atoms. The Morgan fingerprint density at radius 1 is 1.34 bits per heavy atom. The van der Waals surface area contributed by atoms with Gasteiger partial charge < -0.3 is 10.2 Å². The summed E-state index contributed by atoms with van der Waals surface area (Å²) in [5, 5.41) is 12.1. The van der Waals surface area contributed by atoms with Gasteiger partial charge in [0.2, 0.25) is 0 Å². The minimum absolute atomic E-state index is 0.0701. The Kier molecular flexibility index (Phi) is 6.43. The molecule has 2 aromatic rings. The van der Waals surface area contributed by atoms with Crippen LogP contribution in [0.1, 0.15) is 42.0 Å².